The van der Waals surface area contributed by atoms with Crippen LogP contribution in [0, 0.1) is 5.92 Å². The molecule has 1 aliphatic heterocycles. The summed E-state index contributed by atoms with van der Waals surface area (Å²) in [6.07, 6.45) is 1.85. The third kappa shape index (κ3) is 4.44. The van der Waals surface area contributed by atoms with Crippen LogP contribution < -0.4 is 4.74 Å². The van der Waals surface area contributed by atoms with E-state index in [9.17, 15) is 4.79 Å². The van der Waals surface area contributed by atoms with Crippen molar-refractivity contribution in [3.05, 3.63) is 30.3 Å². The number of hydrogen-bond donors (Lipinski definition) is 0. The number of benzene rings is 1. The van der Waals surface area contributed by atoms with E-state index in [4.69, 9.17) is 14.2 Å². The van der Waals surface area contributed by atoms with E-state index in [2.05, 4.69) is 4.74 Å². The van der Waals surface area contributed by atoms with E-state index >= 15 is 0 Å². The van der Waals surface area contributed by atoms with Crippen LogP contribution in [0.1, 0.15) is 19.8 Å². The minimum atomic E-state index is -1.26. The molecule has 21 heavy (non-hydrogen) atoms. The Morgan fingerprint density at radius 3 is 2.57 bits per heavy atom. The second-order valence-corrected chi connectivity index (χ2v) is 5.23. The maximum atomic E-state index is 11.5. The standard InChI is InChI=1S/C16H22O5/c1-16(15(17)18-2)20-11-13(12-21-16)7-6-10-19-14-8-4-3-5-9-14/h3-5,8-9,13H,6-7,10-12H2,1-2H3. The lowest BCUT2D eigenvalue weighted by Gasteiger charge is -2.35. The minimum Gasteiger partial charge on any atom is -0.494 e. The molecule has 116 valence electrons. The lowest BCUT2D eigenvalue weighted by molar-refractivity contribution is -0.272. The molecular weight excluding hydrogens is 272 g/mol. The van der Waals surface area contributed by atoms with Gasteiger partial charge < -0.3 is 18.9 Å². The Kier molecular flexibility index (Phi) is 5.59. The Bertz CT molecular complexity index is 437. The molecule has 0 aromatic heterocycles. The van der Waals surface area contributed by atoms with Gasteiger partial charge in [-0.05, 0) is 25.0 Å². The Morgan fingerprint density at radius 1 is 1.29 bits per heavy atom. The van der Waals surface area contributed by atoms with Gasteiger partial charge in [-0.25, -0.2) is 4.79 Å². The van der Waals surface area contributed by atoms with Crippen molar-refractivity contribution >= 4 is 5.97 Å². The summed E-state index contributed by atoms with van der Waals surface area (Å²) in [5, 5.41) is 0. The van der Waals surface area contributed by atoms with Gasteiger partial charge in [-0.2, -0.15) is 0 Å². The molecule has 5 heteroatoms. The van der Waals surface area contributed by atoms with Crippen LogP contribution in [0.4, 0.5) is 0 Å². The van der Waals surface area contributed by atoms with Crippen LogP contribution in [0.5, 0.6) is 5.75 Å². The zero-order chi connectivity index (χ0) is 15.1. The lowest BCUT2D eigenvalue weighted by Crippen LogP contribution is -2.48. The average molecular weight is 294 g/mol. The first-order chi connectivity index (χ1) is 10.1. The second-order valence-electron chi connectivity index (χ2n) is 5.23. The first-order valence-electron chi connectivity index (χ1n) is 7.18. The summed E-state index contributed by atoms with van der Waals surface area (Å²) in [6, 6.07) is 9.74. The van der Waals surface area contributed by atoms with E-state index in [1.807, 2.05) is 30.3 Å². The van der Waals surface area contributed by atoms with E-state index in [1.54, 1.807) is 6.92 Å². The molecule has 5 nitrogen and oxygen atoms in total. The zero-order valence-electron chi connectivity index (χ0n) is 12.5. The Morgan fingerprint density at radius 2 is 1.95 bits per heavy atom. The van der Waals surface area contributed by atoms with Crippen LogP contribution in [0.25, 0.3) is 0 Å². The zero-order valence-corrected chi connectivity index (χ0v) is 12.5. The molecule has 1 saturated heterocycles. The number of para-hydroxylation sites is 1. The summed E-state index contributed by atoms with van der Waals surface area (Å²) in [5.74, 6) is -0.589. The summed E-state index contributed by atoms with van der Waals surface area (Å²) in [4.78, 5) is 11.5. The van der Waals surface area contributed by atoms with Crippen molar-refractivity contribution in [3.8, 4) is 5.75 Å². The van der Waals surface area contributed by atoms with Gasteiger partial charge in [0.15, 0.2) is 0 Å². The number of methoxy groups -OCH3 is 1. The fourth-order valence-electron chi connectivity index (χ4n) is 2.19. The van der Waals surface area contributed by atoms with Crippen LogP contribution in [-0.2, 0) is 19.0 Å². The largest absolute Gasteiger partial charge is 0.494 e. The Balaban J connectivity index is 1.64. The van der Waals surface area contributed by atoms with E-state index in [0.29, 0.717) is 19.8 Å². The molecule has 0 spiro atoms. The predicted molar refractivity (Wildman–Crippen MR) is 77.0 cm³/mol. The van der Waals surface area contributed by atoms with Crippen molar-refractivity contribution in [3.63, 3.8) is 0 Å². The van der Waals surface area contributed by atoms with Gasteiger partial charge in [0.2, 0.25) is 0 Å². The quantitative estimate of drug-likeness (QED) is 0.595. The molecule has 1 aromatic rings. The van der Waals surface area contributed by atoms with Crippen molar-refractivity contribution in [2.45, 2.75) is 25.6 Å². The van der Waals surface area contributed by atoms with Crippen LogP contribution >= 0.6 is 0 Å². The number of esters is 1. The number of rotatable bonds is 6. The molecule has 1 fully saturated rings. The van der Waals surface area contributed by atoms with Gasteiger partial charge in [0.25, 0.3) is 5.79 Å². The fraction of sp³-hybridized carbons (Fsp3) is 0.562. The van der Waals surface area contributed by atoms with Gasteiger partial charge in [0.05, 0.1) is 26.9 Å². The molecule has 0 N–H and O–H groups in total. The van der Waals surface area contributed by atoms with Crippen molar-refractivity contribution in [1.29, 1.82) is 0 Å². The van der Waals surface area contributed by atoms with E-state index in [1.165, 1.54) is 7.11 Å². The minimum absolute atomic E-state index is 0.280. The summed E-state index contributed by atoms with van der Waals surface area (Å²) >= 11 is 0. The second kappa shape index (κ2) is 7.43. The van der Waals surface area contributed by atoms with Crippen LogP contribution in [-0.4, -0.2) is 38.7 Å². The molecule has 0 atom stereocenters. The van der Waals surface area contributed by atoms with Gasteiger partial charge >= 0.3 is 5.97 Å². The van der Waals surface area contributed by atoms with Crippen molar-refractivity contribution in [2.75, 3.05) is 26.9 Å². The van der Waals surface area contributed by atoms with Crippen LogP contribution in [0.2, 0.25) is 0 Å². The monoisotopic (exact) mass is 294 g/mol. The smallest absolute Gasteiger partial charge is 0.366 e. The summed E-state index contributed by atoms with van der Waals surface area (Å²) in [7, 11) is 1.33. The SMILES string of the molecule is COC(=O)C1(C)OCC(CCCOc2ccccc2)CO1. The molecule has 1 aromatic carbocycles. The van der Waals surface area contributed by atoms with Crippen molar-refractivity contribution in [2.24, 2.45) is 5.92 Å². The van der Waals surface area contributed by atoms with Gasteiger partial charge in [0, 0.05) is 12.8 Å². The summed E-state index contributed by atoms with van der Waals surface area (Å²) in [5.41, 5.74) is 0. The number of carbonyl (C=O) groups is 1. The van der Waals surface area contributed by atoms with E-state index < -0.39 is 11.8 Å². The van der Waals surface area contributed by atoms with Crippen LogP contribution in [0.3, 0.4) is 0 Å². The predicted octanol–water partition coefficient (Wildman–Crippen LogP) is 2.40. The summed E-state index contributed by atoms with van der Waals surface area (Å²) < 4.78 is 21.3. The highest BCUT2D eigenvalue weighted by Gasteiger charge is 2.41. The third-order valence-corrected chi connectivity index (χ3v) is 3.51. The topological polar surface area (TPSA) is 54.0 Å². The van der Waals surface area contributed by atoms with Gasteiger partial charge in [-0.1, -0.05) is 18.2 Å². The molecule has 0 amide bonds. The van der Waals surface area contributed by atoms with Gasteiger partial charge in [0.1, 0.15) is 5.75 Å². The fourth-order valence-corrected chi connectivity index (χ4v) is 2.19. The van der Waals surface area contributed by atoms with Crippen molar-refractivity contribution < 1.29 is 23.7 Å². The highest BCUT2D eigenvalue weighted by atomic mass is 16.7. The molecule has 0 radical (unpaired) electrons. The van der Waals surface area contributed by atoms with Crippen molar-refractivity contribution in [1.82, 2.24) is 0 Å². The highest BCUT2D eigenvalue weighted by Crippen LogP contribution is 2.25. The molecule has 0 bridgehead atoms. The molecule has 1 aliphatic rings. The molecule has 0 unspecified atom stereocenters. The first-order valence-corrected chi connectivity index (χ1v) is 7.18. The maximum absolute atomic E-state index is 11.5. The molecular formula is C16H22O5. The van der Waals surface area contributed by atoms with Gasteiger partial charge in [-0.3, -0.25) is 0 Å². The highest BCUT2D eigenvalue weighted by molar-refractivity contribution is 5.77. The molecule has 2 rings (SSSR count). The van der Waals surface area contributed by atoms with Gasteiger partial charge in [-0.15, -0.1) is 0 Å². The number of hydrogen-bond acceptors (Lipinski definition) is 5. The number of ether oxygens (including phenoxy) is 4. The first kappa shape index (κ1) is 15.8. The molecule has 0 saturated carbocycles. The molecule has 0 aliphatic carbocycles. The van der Waals surface area contributed by atoms with Crippen LogP contribution in [0.15, 0.2) is 30.3 Å². The Hall–Kier alpha value is -1.59. The lowest BCUT2D eigenvalue weighted by atomic mass is 10.0. The molecule has 1 heterocycles. The number of carbonyl (C=O) groups excluding carboxylic acids is 1. The third-order valence-electron chi connectivity index (χ3n) is 3.51. The average Bonchev–Trinajstić information content (AvgIpc) is 2.53. The van der Waals surface area contributed by atoms with E-state index in [0.717, 1.165) is 18.6 Å². The normalized spacial score (nSPS) is 25.3. The Labute approximate surface area is 125 Å². The summed E-state index contributed by atoms with van der Waals surface area (Å²) in [6.45, 7) is 3.25. The maximum Gasteiger partial charge on any atom is 0.366 e. The van der Waals surface area contributed by atoms with E-state index in [-0.39, 0.29) is 5.92 Å².